The van der Waals surface area contributed by atoms with E-state index in [4.69, 9.17) is 9.97 Å². The van der Waals surface area contributed by atoms with Gasteiger partial charge in [0.1, 0.15) is 0 Å². The van der Waals surface area contributed by atoms with Gasteiger partial charge < -0.3 is 0 Å². The van der Waals surface area contributed by atoms with Crippen molar-refractivity contribution in [3.63, 3.8) is 0 Å². The molecule has 1 spiro atoms. The third kappa shape index (κ3) is 4.76. The van der Waals surface area contributed by atoms with Crippen molar-refractivity contribution >= 4 is 5.57 Å². The highest BCUT2D eigenvalue weighted by Crippen LogP contribution is 2.63. The summed E-state index contributed by atoms with van der Waals surface area (Å²) in [4.78, 5) is 10.1. The van der Waals surface area contributed by atoms with Crippen LogP contribution in [0.1, 0.15) is 74.1 Å². The van der Waals surface area contributed by atoms with Gasteiger partial charge >= 0.3 is 0 Å². The van der Waals surface area contributed by atoms with Crippen molar-refractivity contribution in [3.8, 4) is 45.0 Å². The normalized spacial score (nSPS) is 20.5. The van der Waals surface area contributed by atoms with Crippen LogP contribution >= 0.6 is 0 Å². The summed E-state index contributed by atoms with van der Waals surface area (Å²) < 4.78 is 0. The zero-order valence-electron chi connectivity index (χ0n) is 29.4. The molecule has 248 valence electrons. The van der Waals surface area contributed by atoms with Crippen molar-refractivity contribution in [2.45, 2.75) is 62.7 Å². The monoisotopic (exact) mass is 658 g/mol. The number of nitrogens with zero attached hydrogens (tertiary/aromatic N) is 2. The molecule has 0 radical (unpaired) electrons. The van der Waals surface area contributed by atoms with Crippen LogP contribution in [0.4, 0.5) is 0 Å². The zero-order chi connectivity index (χ0) is 34.2. The number of fused-ring (bicyclic) bond motifs is 8. The minimum atomic E-state index is -0.0706. The van der Waals surface area contributed by atoms with Crippen molar-refractivity contribution < 1.29 is 0 Å². The van der Waals surface area contributed by atoms with Crippen molar-refractivity contribution in [3.05, 3.63) is 173 Å². The molecule has 6 aromatic rings. The molecule has 4 aliphatic carbocycles. The molecule has 1 fully saturated rings. The van der Waals surface area contributed by atoms with E-state index in [9.17, 15) is 0 Å². The van der Waals surface area contributed by atoms with E-state index in [2.05, 4.69) is 135 Å². The van der Waals surface area contributed by atoms with Crippen LogP contribution in [0.25, 0.3) is 50.6 Å². The van der Waals surface area contributed by atoms with E-state index in [1.54, 1.807) is 11.1 Å². The predicted octanol–water partition coefficient (Wildman–Crippen LogP) is 12.4. The lowest BCUT2D eigenvalue weighted by Gasteiger charge is -2.41. The Balaban J connectivity index is 1.05. The summed E-state index contributed by atoms with van der Waals surface area (Å²) >= 11 is 0. The predicted molar refractivity (Wildman–Crippen MR) is 210 cm³/mol. The molecule has 1 heterocycles. The fourth-order valence-corrected chi connectivity index (χ4v) is 10.1. The minimum Gasteiger partial charge on any atom is -0.228 e. The number of hydrogen-bond acceptors (Lipinski definition) is 2. The molecule has 2 nitrogen and oxygen atoms in total. The van der Waals surface area contributed by atoms with Crippen LogP contribution in [0.2, 0.25) is 0 Å². The van der Waals surface area contributed by atoms with E-state index < -0.39 is 0 Å². The van der Waals surface area contributed by atoms with Crippen LogP contribution in [-0.4, -0.2) is 9.97 Å². The fraction of sp³-hybridized carbons (Fsp3) is 0.224. The second-order valence-corrected chi connectivity index (χ2v) is 15.7. The van der Waals surface area contributed by atoms with E-state index in [1.165, 1.54) is 65.5 Å². The molecule has 0 saturated heterocycles. The van der Waals surface area contributed by atoms with E-state index in [0.29, 0.717) is 11.8 Å². The highest BCUT2D eigenvalue weighted by atomic mass is 14.9. The maximum atomic E-state index is 5.12. The molecular weight excluding hydrogens is 617 g/mol. The topological polar surface area (TPSA) is 25.8 Å². The lowest BCUT2D eigenvalue weighted by Crippen LogP contribution is -2.35. The van der Waals surface area contributed by atoms with Gasteiger partial charge in [-0.05, 0) is 81.5 Å². The molecule has 0 aliphatic heterocycles. The second kappa shape index (κ2) is 11.6. The average molecular weight is 659 g/mol. The van der Waals surface area contributed by atoms with Crippen molar-refractivity contribution in [2.75, 3.05) is 0 Å². The number of allylic oxidation sites excluding steroid dienone is 4. The number of aromatic nitrogens is 2. The van der Waals surface area contributed by atoms with Gasteiger partial charge in [-0.1, -0.05) is 161 Å². The van der Waals surface area contributed by atoms with Gasteiger partial charge in [0.2, 0.25) is 0 Å². The number of benzene rings is 5. The summed E-state index contributed by atoms with van der Waals surface area (Å²) in [6.45, 7) is 4.88. The summed E-state index contributed by atoms with van der Waals surface area (Å²) in [6.07, 6.45) is 12.1. The number of hydrogen-bond donors (Lipinski definition) is 0. The van der Waals surface area contributed by atoms with Gasteiger partial charge in [0, 0.05) is 33.4 Å². The first kappa shape index (κ1) is 30.5. The van der Waals surface area contributed by atoms with Gasteiger partial charge in [0.15, 0.2) is 5.82 Å². The maximum Gasteiger partial charge on any atom is 0.160 e. The third-order valence-electron chi connectivity index (χ3n) is 12.6. The lowest BCUT2D eigenvalue weighted by molar-refractivity contribution is 0.233. The summed E-state index contributed by atoms with van der Waals surface area (Å²) in [6, 6.07) is 48.4. The molecule has 2 atom stereocenters. The first-order valence-electron chi connectivity index (χ1n) is 18.8. The molecule has 0 amide bonds. The Hall–Kier alpha value is -5.34. The molecule has 10 rings (SSSR count). The highest BCUT2D eigenvalue weighted by Gasteiger charge is 2.53. The first-order chi connectivity index (χ1) is 25.0. The Labute approximate surface area is 301 Å². The van der Waals surface area contributed by atoms with Gasteiger partial charge in [-0.25, -0.2) is 9.97 Å². The Morgan fingerprint density at radius 1 is 0.529 bits per heavy atom. The second-order valence-electron chi connectivity index (χ2n) is 15.7. The Kier molecular flexibility index (Phi) is 6.93. The Morgan fingerprint density at radius 2 is 1.18 bits per heavy atom. The van der Waals surface area contributed by atoms with Gasteiger partial charge in [-0.15, -0.1) is 0 Å². The summed E-state index contributed by atoms with van der Waals surface area (Å²) in [5.41, 5.74) is 16.8. The van der Waals surface area contributed by atoms with Crippen LogP contribution < -0.4 is 0 Å². The van der Waals surface area contributed by atoms with E-state index in [1.807, 2.05) is 24.3 Å². The summed E-state index contributed by atoms with van der Waals surface area (Å²) in [7, 11) is 0. The highest BCUT2D eigenvalue weighted by molar-refractivity contribution is 5.93. The molecule has 2 unspecified atom stereocenters. The Morgan fingerprint density at radius 3 is 1.96 bits per heavy atom. The van der Waals surface area contributed by atoms with E-state index in [0.717, 1.165) is 33.9 Å². The first-order valence-corrected chi connectivity index (χ1v) is 18.8. The summed E-state index contributed by atoms with van der Waals surface area (Å²) in [5, 5.41) is 0. The van der Waals surface area contributed by atoms with Crippen molar-refractivity contribution in [2.24, 2.45) is 5.92 Å². The quantitative estimate of drug-likeness (QED) is 0.188. The standard InChI is InChI=1S/C49H42N2/c1-48(2)42-28-35(23-24-38(42)39-30-44-40(29-43(39)48)37-21-10-11-22-41(37)49(44)25-12-5-13-26-49)34-19-14-20-36(27-34)46-31-45(32-15-6-3-7-16-32)50-47(51-46)33-17-8-4-9-18-33/h3-4,6-11,14-24,27-31,40,44H,5,12-13,25-26H2,1-2H3. The van der Waals surface area contributed by atoms with Gasteiger partial charge in [0.05, 0.1) is 11.4 Å². The third-order valence-corrected chi connectivity index (χ3v) is 12.6. The van der Waals surface area contributed by atoms with E-state index >= 15 is 0 Å². The molecule has 0 bridgehead atoms. The molecule has 0 N–H and O–H groups in total. The van der Waals surface area contributed by atoms with Crippen LogP contribution in [0.3, 0.4) is 0 Å². The van der Waals surface area contributed by atoms with Gasteiger partial charge in [-0.3, -0.25) is 0 Å². The smallest absolute Gasteiger partial charge is 0.160 e. The fourth-order valence-electron chi connectivity index (χ4n) is 10.1. The van der Waals surface area contributed by atoms with Crippen LogP contribution in [0, 0.1) is 5.92 Å². The molecule has 51 heavy (non-hydrogen) atoms. The Bertz CT molecular complexity index is 2320. The molecule has 4 aliphatic rings. The van der Waals surface area contributed by atoms with Crippen LogP contribution in [0.15, 0.2) is 151 Å². The largest absolute Gasteiger partial charge is 0.228 e. The lowest BCUT2D eigenvalue weighted by atomic mass is 9.62. The van der Waals surface area contributed by atoms with Crippen molar-refractivity contribution in [1.29, 1.82) is 0 Å². The molecule has 5 aromatic carbocycles. The van der Waals surface area contributed by atoms with Gasteiger partial charge in [0.25, 0.3) is 0 Å². The van der Waals surface area contributed by atoms with Crippen LogP contribution in [-0.2, 0) is 10.8 Å². The minimum absolute atomic E-state index is 0.0706. The molecule has 2 heteroatoms. The molecular formula is C49H42N2. The van der Waals surface area contributed by atoms with E-state index in [-0.39, 0.29) is 10.8 Å². The zero-order valence-corrected chi connectivity index (χ0v) is 29.4. The van der Waals surface area contributed by atoms with Crippen molar-refractivity contribution in [1.82, 2.24) is 9.97 Å². The van der Waals surface area contributed by atoms with Gasteiger partial charge in [-0.2, -0.15) is 0 Å². The molecule has 1 saturated carbocycles. The summed E-state index contributed by atoms with van der Waals surface area (Å²) in [5.74, 6) is 1.75. The SMILES string of the molecule is CC1(C)C2=CC3c4ccccc4C4(CCCCC4)C3C=C2c2ccc(-c3cccc(-c4cc(-c5ccccc5)nc(-c5ccccc5)n4)c3)cc21. The molecule has 1 aromatic heterocycles. The number of rotatable bonds is 4. The van der Waals surface area contributed by atoms with Crippen LogP contribution in [0.5, 0.6) is 0 Å². The maximum absolute atomic E-state index is 5.12. The average Bonchev–Trinajstić information content (AvgIpc) is 3.58.